The lowest BCUT2D eigenvalue weighted by Crippen LogP contribution is -2.43. The number of rotatable bonds is 10. The Labute approximate surface area is 266 Å². The molecule has 6 nitrogen and oxygen atoms in total. The van der Waals surface area contributed by atoms with E-state index in [1.54, 1.807) is 13.2 Å². The summed E-state index contributed by atoms with van der Waals surface area (Å²) in [5, 5.41) is 3.14. The molecule has 2 aromatic heterocycles. The maximum absolute atomic E-state index is 16.0. The lowest BCUT2D eigenvalue weighted by Gasteiger charge is -2.38. The molecule has 0 atom stereocenters. The number of pyridine rings is 1. The predicted molar refractivity (Wildman–Crippen MR) is 184 cm³/mol. The topological polar surface area (TPSA) is 60.4 Å². The summed E-state index contributed by atoms with van der Waals surface area (Å²) in [7, 11) is 1.53. The van der Waals surface area contributed by atoms with Gasteiger partial charge in [0, 0.05) is 37.3 Å². The minimum Gasteiger partial charge on any atom is -0.468 e. The summed E-state index contributed by atoms with van der Waals surface area (Å²) in [4.78, 5) is 16.8. The van der Waals surface area contributed by atoms with E-state index >= 15 is 4.39 Å². The molecule has 0 unspecified atom stereocenters. The smallest absolute Gasteiger partial charge is 0.188 e. The summed E-state index contributed by atoms with van der Waals surface area (Å²) in [5.41, 5.74) is 7.66. The molecule has 5 rings (SSSR count). The molecule has 2 aromatic carbocycles. The molecule has 44 heavy (non-hydrogen) atoms. The molecule has 0 amide bonds. The number of fused-ring (bicyclic) bond motifs is 2. The van der Waals surface area contributed by atoms with Gasteiger partial charge in [-0.3, -0.25) is 0 Å². The Morgan fingerprint density at radius 2 is 1.75 bits per heavy atom. The Bertz CT molecular complexity index is 1720. The Morgan fingerprint density at radius 1 is 1.05 bits per heavy atom. The van der Waals surface area contributed by atoms with Crippen LogP contribution in [0.5, 0.6) is 5.75 Å². The van der Waals surface area contributed by atoms with Crippen LogP contribution in [0.15, 0.2) is 41.7 Å². The molecule has 1 aliphatic carbocycles. The number of hydrogen-bond acceptors (Lipinski definition) is 7. The van der Waals surface area contributed by atoms with Gasteiger partial charge in [-0.2, -0.15) is 0 Å². The molecule has 1 aliphatic rings. The Kier molecular flexibility index (Phi) is 9.54. The Hall–Kier alpha value is -3.19. The molecule has 0 aliphatic heterocycles. The predicted octanol–water partition coefficient (Wildman–Crippen LogP) is 8.86. The number of aromatic nitrogens is 3. The highest BCUT2D eigenvalue weighted by Gasteiger charge is 2.41. The third-order valence-electron chi connectivity index (χ3n) is 9.08. The number of hydrogen-bond donors (Lipinski definition) is 0. The third kappa shape index (κ3) is 6.04. The number of ether oxygens (including phenoxy) is 2. The first-order valence-electron chi connectivity index (χ1n) is 15.4. The zero-order valence-corrected chi connectivity index (χ0v) is 29.1. The number of benzene rings is 2. The highest BCUT2D eigenvalue weighted by molar-refractivity contribution is 7.98. The van der Waals surface area contributed by atoms with E-state index in [9.17, 15) is 0 Å². The van der Waals surface area contributed by atoms with Crippen molar-refractivity contribution in [1.29, 1.82) is 0 Å². The van der Waals surface area contributed by atoms with Crippen LogP contribution in [-0.2, 0) is 4.74 Å². The van der Waals surface area contributed by atoms with E-state index < -0.39 is 8.07 Å². The van der Waals surface area contributed by atoms with E-state index in [-0.39, 0.29) is 12.6 Å². The molecule has 0 radical (unpaired) electrons. The van der Waals surface area contributed by atoms with Gasteiger partial charge in [0.1, 0.15) is 25.5 Å². The van der Waals surface area contributed by atoms with Gasteiger partial charge in [0.2, 0.25) is 0 Å². The van der Waals surface area contributed by atoms with Gasteiger partial charge in [0.25, 0.3) is 0 Å². The van der Waals surface area contributed by atoms with Crippen LogP contribution in [-0.4, -0.2) is 56.3 Å². The number of nitrogens with zero attached hydrogens (tertiary/aromatic N) is 4. The molecule has 0 spiro atoms. The van der Waals surface area contributed by atoms with Crippen molar-refractivity contribution >= 4 is 47.3 Å². The van der Waals surface area contributed by atoms with E-state index in [1.807, 2.05) is 30.7 Å². The van der Waals surface area contributed by atoms with Crippen molar-refractivity contribution in [2.45, 2.75) is 82.2 Å². The van der Waals surface area contributed by atoms with Crippen LogP contribution in [0, 0.1) is 17.3 Å². The highest BCUT2D eigenvalue weighted by Crippen LogP contribution is 2.42. The van der Waals surface area contributed by atoms with Crippen molar-refractivity contribution < 1.29 is 13.9 Å². The van der Waals surface area contributed by atoms with E-state index in [0.717, 1.165) is 45.9 Å². The summed E-state index contributed by atoms with van der Waals surface area (Å²) in [6, 6.07) is 9.56. The average molecular weight is 631 g/mol. The van der Waals surface area contributed by atoms with Crippen LogP contribution in [0.2, 0.25) is 16.6 Å². The molecule has 232 valence electrons. The summed E-state index contributed by atoms with van der Waals surface area (Å²) < 4.78 is 27.1. The SMILES string of the molecule is COCOc1cc(-c2cc3nc(SC)ncc3c(N(C)C3CC3)n2)c2c(C#C[Si](C(C)C)(C(C)C)C(C)C)c(F)ccc2c1. The van der Waals surface area contributed by atoms with Gasteiger partial charge < -0.3 is 14.4 Å². The quantitative estimate of drug-likeness (QED) is 0.0570. The molecular formula is C35H43FN4O2SSi. The highest BCUT2D eigenvalue weighted by atomic mass is 32.2. The number of anilines is 1. The molecule has 0 bridgehead atoms. The van der Waals surface area contributed by atoms with Gasteiger partial charge in [-0.1, -0.05) is 65.3 Å². The van der Waals surface area contributed by atoms with E-state index in [2.05, 4.69) is 69.9 Å². The van der Waals surface area contributed by atoms with Gasteiger partial charge in [0.15, 0.2) is 11.9 Å². The van der Waals surface area contributed by atoms with Crippen LogP contribution in [0.3, 0.4) is 0 Å². The third-order valence-corrected chi connectivity index (χ3v) is 15.9. The van der Waals surface area contributed by atoms with Crippen LogP contribution in [0.1, 0.15) is 59.9 Å². The fourth-order valence-corrected chi connectivity index (χ4v) is 12.2. The lowest BCUT2D eigenvalue weighted by atomic mass is 9.96. The maximum Gasteiger partial charge on any atom is 0.188 e. The first kappa shape index (κ1) is 32.2. The van der Waals surface area contributed by atoms with E-state index in [4.69, 9.17) is 19.4 Å². The second-order valence-corrected chi connectivity index (χ2v) is 19.0. The molecule has 2 heterocycles. The molecule has 0 N–H and O–H groups in total. The minimum absolute atomic E-state index is 0.0925. The average Bonchev–Trinajstić information content (AvgIpc) is 3.85. The van der Waals surface area contributed by atoms with Crippen molar-refractivity contribution in [3.8, 4) is 28.5 Å². The lowest BCUT2D eigenvalue weighted by molar-refractivity contribution is 0.0512. The summed E-state index contributed by atoms with van der Waals surface area (Å²) >= 11 is 1.50. The maximum atomic E-state index is 16.0. The Balaban J connectivity index is 1.84. The first-order chi connectivity index (χ1) is 21.0. The first-order valence-corrected chi connectivity index (χ1v) is 18.8. The molecular weight excluding hydrogens is 588 g/mol. The number of methoxy groups -OCH3 is 1. The zero-order chi connectivity index (χ0) is 31.8. The van der Waals surface area contributed by atoms with E-state index in [1.165, 1.54) is 17.8 Å². The molecule has 0 saturated heterocycles. The Morgan fingerprint density at radius 3 is 2.36 bits per heavy atom. The van der Waals surface area contributed by atoms with Crippen molar-refractivity contribution in [3.05, 3.63) is 47.9 Å². The van der Waals surface area contributed by atoms with Crippen molar-refractivity contribution in [2.75, 3.05) is 32.1 Å². The van der Waals surface area contributed by atoms with Gasteiger partial charge >= 0.3 is 0 Å². The van der Waals surface area contributed by atoms with Crippen LogP contribution < -0.4 is 9.64 Å². The molecule has 1 saturated carbocycles. The van der Waals surface area contributed by atoms with Gasteiger partial charge in [-0.15, -0.1) is 5.54 Å². The normalized spacial score (nSPS) is 13.7. The number of halogens is 1. The fraction of sp³-hybridized carbons (Fsp3) is 0.457. The second-order valence-electron chi connectivity index (χ2n) is 12.7. The van der Waals surface area contributed by atoms with Gasteiger partial charge in [-0.25, -0.2) is 19.3 Å². The fourth-order valence-electron chi connectivity index (χ4n) is 6.69. The number of thioether (sulfide) groups is 1. The van der Waals surface area contributed by atoms with Gasteiger partial charge in [-0.05, 0) is 65.4 Å². The molecule has 9 heteroatoms. The largest absolute Gasteiger partial charge is 0.468 e. The summed E-state index contributed by atoms with van der Waals surface area (Å²) in [5.74, 6) is 4.54. The molecule has 4 aromatic rings. The minimum atomic E-state index is -2.13. The zero-order valence-electron chi connectivity index (χ0n) is 27.3. The van der Waals surface area contributed by atoms with Crippen molar-refractivity contribution in [1.82, 2.24) is 15.0 Å². The van der Waals surface area contributed by atoms with Gasteiger partial charge in [0.05, 0.1) is 22.2 Å². The standard InChI is InChI=1S/C35H43FN4O2SSi/c1-21(2)44(22(3)4,23(5)6)15-14-27-30(36)13-10-24-16-26(42-20-41-8)17-28(33(24)27)31-18-32-29(19-37-35(39-32)43-9)34(38-31)40(7)25-11-12-25/h10,13,16-19,21-23,25H,11-12,20H2,1-9H3. The van der Waals surface area contributed by atoms with Crippen LogP contribution in [0.25, 0.3) is 32.9 Å². The summed E-state index contributed by atoms with van der Waals surface area (Å²) in [6.07, 6.45) is 6.07. The van der Waals surface area contributed by atoms with Crippen molar-refractivity contribution in [3.63, 3.8) is 0 Å². The molecule has 1 fully saturated rings. The monoisotopic (exact) mass is 630 g/mol. The van der Waals surface area contributed by atoms with Crippen LogP contribution in [0.4, 0.5) is 10.2 Å². The van der Waals surface area contributed by atoms with Crippen LogP contribution >= 0.6 is 11.8 Å². The second kappa shape index (κ2) is 13.0. The van der Waals surface area contributed by atoms with E-state index in [0.29, 0.717) is 44.8 Å². The summed E-state index contributed by atoms with van der Waals surface area (Å²) in [6.45, 7) is 13.7. The van der Waals surface area contributed by atoms with Crippen molar-refractivity contribution in [2.24, 2.45) is 0 Å².